The van der Waals surface area contributed by atoms with Crippen LogP contribution in [0, 0.1) is 5.92 Å². The number of carbonyl (C=O) groups excluding carboxylic acids is 1. The zero-order chi connectivity index (χ0) is 12.8. The summed E-state index contributed by atoms with van der Waals surface area (Å²) in [5.74, 6) is 1.20. The summed E-state index contributed by atoms with van der Waals surface area (Å²) < 4.78 is 0.808. The van der Waals surface area contributed by atoms with Crippen molar-refractivity contribution in [2.75, 3.05) is 24.2 Å². The lowest BCUT2D eigenvalue weighted by molar-refractivity contribution is -0.118. The Bertz CT molecular complexity index is 417. The Balaban J connectivity index is 1.66. The molecule has 0 unspecified atom stereocenters. The van der Waals surface area contributed by atoms with Gasteiger partial charge < -0.3 is 10.6 Å². The first-order valence-electron chi connectivity index (χ1n) is 5.85. The molecule has 2 rings (SSSR count). The van der Waals surface area contributed by atoms with Crippen molar-refractivity contribution in [1.29, 1.82) is 0 Å². The first kappa shape index (κ1) is 13.4. The largest absolute Gasteiger partial charge is 0.357 e. The molecule has 7 heteroatoms. The fraction of sp³-hybridized carbons (Fsp3) is 0.545. The van der Waals surface area contributed by atoms with Crippen molar-refractivity contribution in [3.63, 3.8) is 0 Å². The van der Waals surface area contributed by atoms with E-state index in [4.69, 9.17) is 0 Å². The van der Waals surface area contributed by atoms with E-state index >= 15 is 0 Å². The van der Waals surface area contributed by atoms with E-state index in [-0.39, 0.29) is 5.91 Å². The second-order valence-electron chi connectivity index (χ2n) is 4.08. The van der Waals surface area contributed by atoms with Gasteiger partial charge >= 0.3 is 0 Å². The summed E-state index contributed by atoms with van der Waals surface area (Å²) in [6.07, 6.45) is 4.27. The molecule has 0 spiro atoms. The van der Waals surface area contributed by atoms with Crippen molar-refractivity contribution in [1.82, 2.24) is 15.5 Å². The van der Waals surface area contributed by atoms with Gasteiger partial charge in [0, 0.05) is 13.1 Å². The number of aromatic nitrogens is 2. The van der Waals surface area contributed by atoms with Gasteiger partial charge in [-0.2, -0.15) is 0 Å². The first-order valence-corrected chi connectivity index (χ1v) is 7.66. The van der Waals surface area contributed by atoms with Crippen LogP contribution in [-0.2, 0) is 4.79 Å². The standard InChI is InChI=1S/C11H16N4OS2/c1-2-5-12-10-14-15-11(18-10)17-7-9(16)13-6-8-3-4-8/h2,8H,1,3-7H2,(H,12,14)(H,13,16). The zero-order valence-electron chi connectivity index (χ0n) is 10.0. The van der Waals surface area contributed by atoms with Gasteiger partial charge in [0.05, 0.1) is 5.75 Å². The second-order valence-corrected chi connectivity index (χ2v) is 6.28. The molecule has 0 radical (unpaired) electrons. The average Bonchev–Trinajstić information content (AvgIpc) is 3.10. The highest BCUT2D eigenvalue weighted by Crippen LogP contribution is 2.28. The number of amides is 1. The van der Waals surface area contributed by atoms with Gasteiger partial charge in [-0.15, -0.1) is 16.8 Å². The van der Waals surface area contributed by atoms with Crippen LogP contribution >= 0.6 is 23.1 Å². The fourth-order valence-corrected chi connectivity index (χ4v) is 2.85. The van der Waals surface area contributed by atoms with Crippen LogP contribution in [0.4, 0.5) is 5.13 Å². The summed E-state index contributed by atoms with van der Waals surface area (Å²) in [7, 11) is 0. The first-order chi connectivity index (χ1) is 8.78. The molecule has 0 bridgehead atoms. The van der Waals surface area contributed by atoms with Crippen LogP contribution in [0.2, 0.25) is 0 Å². The molecule has 5 nitrogen and oxygen atoms in total. The molecular formula is C11H16N4OS2. The Hall–Kier alpha value is -1.08. The molecule has 1 heterocycles. The molecule has 0 atom stereocenters. The molecule has 1 aromatic rings. The van der Waals surface area contributed by atoms with Gasteiger partial charge in [0.15, 0.2) is 4.34 Å². The quantitative estimate of drug-likeness (QED) is 0.562. The van der Waals surface area contributed by atoms with Gasteiger partial charge in [-0.05, 0) is 18.8 Å². The molecular weight excluding hydrogens is 268 g/mol. The van der Waals surface area contributed by atoms with Gasteiger partial charge in [-0.3, -0.25) is 4.79 Å². The number of rotatable bonds is 8. The van der Waals surface area contributed by atoms with Crippen LogP contribution in [0.25, 0.3) is 0 Å². The number of carbonyl (C=O) groups is 1. The third kappa shape index (κ3) is 4.66. The Kier molecular flexibility index (Phi) is 5.00. The van der Waals surface area contributed by atoms with E-state index in [0.29, 0.717) is 12.3 Å². The van der Waals surface area contributed by atoms with Crippen molar-refractivity contribution in [2.45, 2.75) is 17.2 Å². The van der Waals surface area contributed by atoms with Crippen LogP contribution in [0.3, 0.4) is 0 Å². The van der Waals surface area contributed by atoms with E-state index in [1.54, 1.807) is 6.08 Å². The van der Waals surface area contributed by atoms with Crippen molar-refractivity contribution >= 4 is 34.1 Å². The summed E-state index contributed by atoms with van der Waals surface area (Å²) in [4.78, 5) is 11.5. The smallest absolute Gasteiger partial charge is 0.230 e. The third-order valence-electron chi connectivity index (χ3n) is 2.42. The van der Waals surface area contributed by atoms with E-state index in [1.165, 1.54) is 35.9 Å². The predicted octanol–water partition coefficient (Wildman–Crippen LogP) is 1.75. The van der Waals surface area contributed by atoms with E-state index in [2.05, 4.69) is 27.4 Å². The summed E-state index contributed by atoms with van der Waals surface area (Å²) in [5, 5.41) is 14.7. The maximum atomic E-state index is 11.5. The topological polar surface area (TPSA) is 66.9 Å². The fourth-order valence-electron chi connectivity index (χ4n) is 1.26. The molecule has 0 saturated heterocycles. The van der Waals surface area contributed by atoms with Crippen molar-refractivity contribution in [2.24, 2.45) is 5.92 Å². The van der Waals surface area contributed by atoms with Crippen LogP contribution in [0.5, 0.6) is 0 Å². The van der Waals surface area contributed by atoms with Crippen molar-refractivity contribution in [3.05, 3.63) is 12.7 Å². The lowest BCUT2D eigenvalue weighted by Gasteiger charge is -2.01. The number of thioether (sulfide) groups is 1. The maximum absolute atomic E-state index is 11.5. The minimum atomic E-state index is 0.0719. The predicted molar refractivity (Wildman–Crippen MR) is 75.1 cm³/mol. The van der Waals surface area contributed by atoms with Crippen molar-refractivity contribution < 1.29 is 4.79 Å². The highest BCUT2D eigenvalue weighted by atomic mass is 32.2. The normalized spacial score (nSPS) is 14.2. The number of hydrogen-bond acceptors (Lipinski definition) is 6. The van der Waals surface area contributed by atoms with Crippen LogP contribution < -0.4 is 10.6 Å². The van der Waals surface area contributed by atoms with Gasteiger partial charge in [-0.25, -0.2) is 0 Å². The molecule has 0 aromatic carbocycles. The minimum absolute atomic E-state index is 0.0719. The summed E-state index contributed by atoms with van der Waals surface area (Å²) in [6, 6.07) is 0. The van der Waals surface area contributed by atoms with Crippen molar-refractivity contribution in [3.8, 4) is 0 Å². The summed E-state index contributed by atoms with van der Waals surface area (Å²) >= 11 is 2.88. The molecule has 1 aliphatic carbocycles. The molecule has 98 valence electrons. The maximum Gasteiger partial charge on any atom is 0.230 e. The zero-order valence-corrected chi connectivity index (χ0v) is 11.6. The Morgan fingerprint density at radius 3 is 3.11 bits per heavy atom. The summed E-state index contributed by atoms with van der Waals surface area (Å²) in [5.41, 5.74) is 0. The number of anilines is 1. The molecule has 18 heavy (non-hydrogen) atoms. The monoisotopic (exact) mass is 284 g/mol. The van der Waals surface area contributed by atoms with Gasteiger partial charge in [0.2, 0.25) is 11.0 Å². The molecule has 1 fully saturated rings. The lowest BCUT2D eigenvalue weighted by Crippen LogP contribution is -2.27. The second kappa shape index (κ2) is 6.75. The summed E-state index contributed by atoms with van der Waals surface area (Å²) in [6.45, 7) is 5.11. The molecule has 1 aliphatic rings. The molecule has 1 amide bonds. The minimum Gasteiger partial charge on any atom is -0.357 e. The molecule has 1 saturated carbocycles. The van der Waals surface area contributed by atoms with Gasteiger partial charge in [0.25, 0.3) is 0 Å². The van der Waals surface area contributed by atoms with E-state index < -0.39 is 0 Å². The van der Waals surface area contributed by atoms with Gasteiger partial charge in [0.1, 0.15) is 0 Å². The number of hydrogen-bond donors (Lipinski definition) is 2. The number of nitrogens with zero attached hydrogens (tertiary/aromatic N) is 2. The lowest BCUT2D eigenvalue weighted by atomic mass is 10.4. The van der Waals surface area contributed by atoms with E-state index in [0.717, 1.165) is 21.9 Å². The van der Waals surface area contributed by atoms with Gasteiger partial charge in [-0.1, -0.05) is 29.2 Å². The average molecular weight is 284 g/mol. The Morgan fingerprint density at radius 2 is 2.39 bits per heavy atom. The SMILES string of the molecule is C=CCNc1nnc(SCC(=O)NCC2CC2)s1. The molecule has 1 aromatic heterocycles. The Morgan fingerprint density at radius 1 is 1.56 bits per heavy atom. The molecule has 0 aliphatic heterocycles. The van der Waals surface area contributed by atoms with E-state index in [9.17, 15) is 4.79 Å². The third-order valence-corrected chi connectivity index (χ3v) is 4.43. The van der Waals surface area contributed by atoms with Crippen LogP contribution in [0.15, 0.2) is 17.0 Å². The van der Waals surface area contributed by atoms with Crippen LogP contribution in [0.1, 0.15) is 12.8 Å². The van der Waals surface area contributed by atoms with E-state index in [1.807, 2.05) is 0 Å². The molecule has 2 N–H and O–H groups in total. The van der Waals surface area contributed by atoms with Crippen LogP contribution in [-0.4, -0.2) is 34.9 Å². The highest BCUT2D eigenvalue weighted by Gasteiger charge is 2.21. The number of nitrogens with one attached hydrogen (secondary N) is 2. The Labute approximate surface area is 114 Å². The highest BCUT2D eigenvalue weighted by molar-refractivity contribution is 8.01.